The van der Waals surface area contributed by atoms with Crippen LogP contribution in [0.15, 0.2) is 60.7 Å². The highest BCUT2D eigenvalue weighted by atomic mass is 16.3. The van der Waals surface area contributed by atoms with Gasteiger partial charge in [0.15, 0.2) is 5.81 Å². The molecule has 0 aliphatic rings. The summed E-state index contributed by atoms with van der Waals surface area (Å²) >= 11 is 0. The van der Waals surface area contributed by atoms with Gasteiger partial charge in [-0.25, -0.2) is 0 Å². The Balaban J connectivity index is 1.95. The van der Waals surface area contributed by atoms with E-state index in [1.54, 1.807) is 0 Å². The molecular formula is C20H24BNO2. The van der Waals surface area contributed by atoms with Crippen LogP contribution in [-0.2, 0) is 12.8 Å². The number of aliphatic hydroxyl groups is 1. The van der Waals surface area contributed by atoms with Crippen LogP contribution in [0, 0.1) is 5.92 Å². The second-order valence-electron chi connectivity index (χ2n) is 6.37. The average molecular weight is 321 g/mol. The SMILES string of the molecule is [B]C(=O)N[C@@H](Cc1ccccc1)C[C@H](O)[C@@H](C)Cc1ccccc1. The van der Waals surface area contributed by atoms with E-state index in [0.717, 1.165) is 12.0 Å². The van der Waals surface area contributed by atoms with Crippen molar-refractivity contribution in [1.82, 2.24) is 5.32 Å². The van der Waals surface area contributed by atoms with E-state index >= 15 is 0 Å². The van der Waals surface area contributed by atoms with Crippen molar-refractivity contribution < 1.29 is 9.90 Å². The lowest BCUT2D eigenvalue weighted by atomic mass is 9.89. The molecule has 2 radical (unpaired) electrons. The summed E-state index contributed by atoms with van der Waals surface area (Å²) in [5.41, 5.74) is 2.31. The zero-order valence-corrected chi connectivity index (χ0v) is 14.1. The minimum atomic E-state index is -0.557. The molecule has 0 bridgehead atoms. The van der Waals surface area contributed by atoms with Gasteiger partial charge in [-0.3, -0.25) is 4.79 Å². The predicted molar refractivity (Wildman–Crippen MR) is 98.2 cm³/mol. The molecule has 3 nitrogen and oxygen atoms in total. The van der Waals surface area contributed by atoms with Gasteiger partial charge in [-0.1, -0.05) is 67.6 Å². The molecule has 0 fully saturated rings. The third-order valence-corrected chi connectivity index (χ3v) is 4.25. The van der Waals surface area contributed by atoms with Crippen molar-refractivity contribution in [2.24, 2.45) is 5.92 Å². The second kappa shape index (κ2) is 9.28. The number of nitrogens with one attached hydrogen (secondary N) is 1. The summed E-state index contributed by atoms with van der Waals surface area (Å²) in [7, 11) is 5.29. The molecule has 0 spiro atoms. The molecule has 3 atom stereocenters. The fourth-order valence-electron chi connectivity index (χ4n) is 2.94. The Morgan fingerprint density at radius 3 is 2.00 bits per heavy atom. The number of aliphatic hydroxyl groups excluding tert-OH is 1. The Morgan fingerprint density at radius 2 is 1.50 bits per heavy atom. The van der Waals surface area contributed by atoms with Crippen LogP contribution in [0.5, 0.6) is 0 Å². The van der Waals surface area contributed by atoms with Crippen LogP contribution in [0.3, 0.4) is 0 Å². The first-order valence-corrected chi connectivity index (χ1v) is 8.36. The third-order valence-electron chi connectivity index (χ3n) is 4.25. The van der Waals surface area contributed by atoms with E-state index in [9.17, 15) is 9.90 Å². The number of benzene rings is 2. The number of carbonyl (C=O) groups excluding carboxylic acids is 1. The minimum absolute atomic E-state index is 0.0975. The van der Waals surface area contributed by atoms with E-state index in [0.29, 0.717) is 12.8 Å². The third kappa shape index (κ3) is 6.21. The smallest absolute Gasteiger partial charge is 0.200 e. The Kier molecular flexibility index (Phi) is 7.07. The Bertz CT molecular complexity index is 618. The van der Waals surface area contributed by atoms with Crippen molar-refractivity contribution in [3.05, 3.63) is 71.8 Å². The van der Waals surface area contributed by atoms with Crippen molar-refractivity contribution in [2.75, 3.05) is 0 Å². The molecule has 0 saturated heterocycles. The Morgan fingerprint density at radius 1 is 1.00 bits per heavy atom. The number of carbonyl (C=O) groups is 1. The molecule has 2 rings (SSSR count). The molecule has 124 valence electrons. The van der Waals surface area contributed by atoms with Crippen molar-refractivity contribution in [3.8, 4) is 0 Å². The molecule has 1 amide bonds. The zero-order chi connectivity index (χ0) is 17.4. The maximum absolute atomic E-state index is 11.3. The van der Waals surface area contributed by atoms with Crippen LogP contribution in [0.2, 0.25) is 0 Å². The maximum atomic E-state index is 11.3. The monoisotopic (exact) mass is 321 g/mol. The highest BCUT2D eigenvalue weighted by Gasteiger charge is 2.21. The summed E-state index contributed by atoms with van der Waals surface area (Å²) < 4.78 is 0. The fraction of sp³-hybridized carbons (Fsp3) is 0.350. The maximum Gasteiger partial charge on any atom is 0.200 e. The molecule has 2 N–H and O–H groups in total. The van der Waals surface area contributed by atoms with E-state index in [1.165, 1.54) is 5.56 Å². The lowest BCUT2D eigenvalue weighted by Gasteiger charge is -2.25. The van der Waals surface area contributed by atoms with E-state index in [-0.39, 0.29) is 12.0 Å². The van der Waals surface area contributed by atoms with Crippen LogP contribution >= 0.6 is 0 Å². The first-order valence-electron chi connectivity index (χ1n) is 8.36. The zero-order valence-electron chi connectivity index (χ0n) is 14.1. The number of hydrogen-bond acceptors (Lipinski definition) is 2. The van der Waals surface area contributed by atoms with Gasteiger partial charge in [0.05, 0.1) is 6.10 Å². The average Bonchev–Trinajstić information content (AvgIpc) is 2.56. The summed E-state index contributed by atoms with van der Waals surface area (Å²) in [6, 6.07) is 19.8. The van der Waals surface area contributed by atoms with E-state index in [2.05, 4.69) is 17.4 Å². The molecule has 0 heterocycles. The molecule has 2 aromatic rings. The number of hydrogen-bond donors (Lipinski definition) is 2. The summed E-state index contributed by atoms with van der Waals surface area (Å²) in [6.07, 6.45) is 1.42. The molecular weight excluding hydrogens is 297 g/mol. The van der Waals surface area contributed by atoms with Crippen LogP contribution < -0.4 is 5.32 Å². The van der Waals surface area contributed by atoms with Crippen molar-refractivity contribution >= 4 is 13.7 Å². The van der Waals surface area contributed by atoms with Crippen LogP contribution in [0.1, 0.15) is 24.5 Å². The largest absolute Gasteiger partial charge is 0.393 e. The van der Waals surface area contributed by atoms with E-state index in [1.807, 2.05) is 55.5 Å². The van der Waals surface area contributed by atoms with Crippen LogP contribution in [0.25, 0.3) is 0 Å². The standard InChI is InChI=1S/C20H24BNO2/c1-15(12-16-8-4-2-5-9-16)19(23)14-18(22-20(21)24)13-17-10-6-3-7-11-17/h2-11,15,18-19,23H,12-14H2,1H3,(H,22,24)/t15-,18-,19-/m0/s1. The highest BCUT2D eigenvalue weighted by molar-refractivity contribution is 6.57. The molecule has 0 aromatic heterocycles. The lowest BCUT2D eigenvalue weighted by molar-refractivity contribution is 0.0970. The molecule has 4 heteroatoms. The normalized spacial score (nSPS) is 14.6. The van der Waals surface area contributed by atoms with Gasteiger partial charge < -0.3 is 10.4 Å². The quantitative estimate of drug-likeness (QED) is 0.734. The summed E-state index contributed by atoms with van der Waals surface area (Å²) in [4.78, 5) is 11.3. The molecule has 0 saturated carbocycles. The number of amides is 1. The van der Waals surface area contributed by atoms with Crippen LogP contribution in [0.4, 0.5) is 4.79 Å². The topological polar surface area (TPSA) is 49.3 Å². The molecule has 2 aromatic carbocycles. The van der Waals surface area contributed by atoms with Crippen molar-refractivity contribution in [1.29, 1.82) is 0 Å². The Labute approximate surface area is 145 Å². The highest BCUT2D eigenvalue weighted by Crippen LogP contribution is 2.17. The van der Waals surface area contributed by atoms with E-state index in [4.69, 9.17) is 7.85 Å². The first-order chi connectivity index (χ1) is 11.5. The fourth-order valence-corrected chi connectivity index (χ4v) is 2.94. The van der Waals surface area contributed by atoms with Crippen molar-refractivity contribution in [3.63, 3.8) is 0 Å². The molecule has 24 heavy (non-hydrogen) atoms. The first kappa shape index (κ1) is 18.3. The summed E-state index contributed by atoms with van der Waals surface area (Å²) in [6.45, 7) is 2.03. The van der Waals surface area contributed by atoms with Gasteiger partial charge in [-0.05, 0) is 36.3 Å². The van der Waals surface area contributed by atoms with Gasteiger partial charge in [-0.15, -0.1) is 0 Å². The molecule has 0 aliphatic carbocycles. The predicted octanol–water partition coefficient (Wildman–Crippen LogP) is 3.11. The van der Waals surface area contributed by atoms with Gasteiger partial charge in [0, 0.05) is 6.04 Å². The Hall–Kier alpha value is -2.07. The second-order valence-corrected chi connectivity index (χ2v) is 6.37. The summed E-state index contributed by atoms with van der Waals surface area (Å²) in [5.74, 6) is -0.459. The summed E-state index contributed by atoms with van der Waals surface area (Å²) in [5, 5.41) is 13.3. The van der Waals surface area contributed by atoms with Crippen LogP contribution in [-0.4, -0.2) is 30.9 Å². The van der Waals surface area contributed by atoms with Crippen molar-refractivity contribution in [2.45, 2.75) is 38.3 Å². The van der Waals surface area contributed by atoms with Gasteiger partial charge in [0.2, 0.25) is 7.85 Å². The minimum Gasteiger partial charge on any atom is -0.393 e. The van der Waals surface area contributed by atoms with Gasteiger partial charge in [0.25, 0.3) is 0 Å². The van der Waals surface area contributed by atoms with Gasteiger partial charge >= 0.3 is 0 Å². The van der Waals surface area contributed by atoms with Gasteiger partial charge in [0.1, 0.15) is 0 Å². The number of rotatable bonds is 8. The van der Waals surface area contributed by atoms with Gasteiger partial charge in [-0.2, -0.15) is 0 Å². The lowest BCUT2D eigenvalue weighted by Crippen LogP contribution is -2.39. The molecule has 0 aliphatic heterocycles. The molecule has 0 unspecified atom stereocenters. The van der Waals surface area contributed by atoms with E-state index < -0.39 is 11.9 Å².